The third-order valence-corrected chi connectivity index (χ3v) is 8.24. The molecule has 2 aromatic rings. The molecular formula is C22H31N3O5S. The molecule has 2 fully saturated rings. The third kappa shape index (κ3) is 4.43. The molecule has 31 heavy (non-hydrogen) atoms. The second kappa shape index (κ2) is 8.43. The summed E-state index contributed by atoms with van der Waals surface area (Å²) in [5.41, 5.74) is 0.617. The molecular weight excluding hydrogens is 418 g/mol. The molecule has 0 saturated carbocycles. The molecule has 9 heteroatoms. The predicted molar refractivity (Wildman–Crippen MR) is 117 cm³/mol. The van der Waals surface area contributed by atoms with E-state index in [4.69, 9.17) is 4.42 Å². The summed E-state index contributed by atoms with van der Waals surface area (Å²) >= 11 is 0. The molecule has 1 aromatic heterocycles. The van der Waals surface area contributed by atoms with Crippen molar-refractivity contribution >= 4 is 27.0 Å². The molecule has 2 aliphatic heterocycles. The van der Waals surface area contributed by atoms with Gasteiger partial charge in [-0.05, 0) is 49.1 Å². The van der Waals surface area contributed by atoms with Crippen molar-refractivity contribution in [3.05, 3.63) is 28.7 Å². The highest BCUT2D eigenvalue weighted by Crippen LogP contribution is 2.28. The minimum Gasteiger partial charge on any atom is -0.408 e. The van der Waals surface area contributed by atoms with Crippen LogP contribution in [0.5, 0.6) is 0 Å². The number of piperidine rings is 2. The molecule has 3 atom stereocenters. The Morgan fingerprint density at radius 2 is 1.81 bits per heavy atom. The van der Waals surface area contributed by atoms with Gasteiger partial charge in [0.1, 0.15) is 6.54 Å². The van der Waals surface area contributed by atoms with E-state index >= 15 is 0 Å². The number of carbonyl (C=O) groups excluding carboxylic acids is 1. The van der Waals surface area contributed by atoms with Crippen LogP contribution in [0.25, 0.3) is 11.1 Å². The summed E-state index contributed by atoms with van der Waals surface area (Å²) in [5, 5.41) is 0. The lowest BCUT2D eigenvalue weighted by atomic mass is 9.94. The number of carbonyl (C=O) groups is 1. The molecule has 0 bridgehead atoms. The number of aromatic nitrogens is 1. The number of hydrogen-bond donors (Lipinski definition) is 0. The van der Waals surface area contributed by atoms with Crippen molar-refractivity contribution in [3.63, 3.8) is 0 Å². The fourth-order valence-corrected chi connectivity index (χ4v) is 6.65. The van der Waals surface area contributed by atoms with Gasteiger partial charge >= 0.3 is 5.76 Å². The van der Waals surface area contributed by atoms with Gasteiger partial charge in [-0.15, -0.1) is 0 Å². The quantitative estimate of drug-likeness (QED) is 0.715. The standard InChI is InChI=1S/C22H31N3O5S/c1-15-5-4-8-23(11-15)21(26)14-25-19-7-6-18(10-20(19)30-22(25)27)31(28,29)24-12-16(2)9-17(3)13-24/h6-7,10,15-17H,4-5,8-9,11-14H2,1-3H3/t15-,16-,17+/m0/s1. The lowest BCUT2D eigenvalue weighted by Gasteiger charge is -2.34. The highest BCUT2D eigenvalue weighted by atomic mass is 32.2. The maximum Gasteiger partial charge on any atom is 0.420 e. The minimum absolute atomic E-state index is 0.105. The zero-order valence-corrected chi connectivity index (χ0v) is 19.2. The number of amides is 1. The molecule has 170 valence electrons. The number of hydrogen-bond acceptors (Lipinski definition) is 5. The van der Waals surface area contributed by atoms with Gasteiger partial charge < -0.3 is 9.32 Å². The van der Waals surface area contributed by atoms with Crippen LogP contribution in [0.3, 0.4) is 0 Å². The van der Waals surface area contributed by atoms with E-state index in [1.807, 2.05) is 0 Å². The average molecular weight is 450 g/mol. The van der Waals surface area contributed by atoms with E-state index in [2.05, 4.69) is 20.8 Å². The van der Waals surface area contributed by atoms with Crippen molar-refractivity contribution < 1.29 is 17.6 Å². The molecule has 0 N–H and O–H groups in total. The summed E-state index contributed by atoms with van der Waals surface area (Å²) < 4.78 is 34.5. The van der Waals surface area contributed by atoms with Crippen LogP contribution >= 0.6 is 0 Å². The van der Waals surface area contributed by atoms with Crippen LogP contribution in [0, 0.1) is 17.8 Å². The smallest absolute Gasteiger partial charge is 0.408 e. The fraction of sp³-hybridized carbons (Fsp3) is 0.636. The number of benzene rings is 1. The lowest BCUT2D eigenvalue weighted by Crippen LogP contribution is -2.42. The molecule has 3 heterocycles. The Hall–Kier alpha value is -2.13. The van der Waals surface area contributed by atoms with Gasteiger partial charge in [0.15, 0.2) is 5.58 Å². The maximum atomic E-state index is 13.2. The Morgan fingerprint density at radius 3 is 2.48 bits per heavy atom. The monoisotopic (exact) mass is 449 g/mol. The summed E-state index contributed by atoms with van der Waals surface area (Å²) in [6, 6.07) is 4.47. The number of likely N-dealkylation sites (tertiary alicyclic amines) is 1. The van der Waals surface area contributed by atoms with Crippen LogP contribution in [-0.4, -0.2) is 54.3 Å². The first-order valence-corrected chi connectivity index (χ1v) is 12.5. The summed E-state index contributed by atoms with van der Waals surface area (Å²) in [7, 11) is -3.68. The van der Waals surface area contributed by atoms with E-state index in [0.717, 1.165) is 19.3 Å². The molecule has 2 aliphatic rings. The van der Waals surface area contributed by atoms with Gasteiger partial charge in [0.25, 0.3) is 0 Å². The molecule has 1 aromatic carbocycles. The van der Waals surface area contributed by atoms with Crippen molar-refractivity contribution in [2.75, 3.05) is 26.2 Å². The Labute approximate surface area is 182 Å². The van der Waals surface area contributed by atoms with Gasteiger partial charge in [-0.2, -0.15) is 4.31 Å². The zero-order chi connectivity index (χ0) is 22.3. The Balaban J connectivity index is 1.60. The molecule has 1 amide bonds. The van der Waals surface area contributed by atoms with Gasteiger partial charge in [-0.1, -0.05) is 20.8 Å². The average Bonchev–Trinajstić information content (AvgIpc) is 3.01. The maximum absolute atomic E-state index is 13.2. The first-order chi connectivity index (χ1) is 14.6. The minimum atomic E-state index is -3.68. The highest BCUT2D eigenvalue weighted by molar-refractivity contribution is 7.89. The second-order valence-corrected chi connectivity index (χ2v) is 11.4. The van der Waals surface area contributed by atoms with E-state index in [0.29, 0.717) is 49.4 Å². The molecule has 2 saturated heterocycles. The van der Waals surface area contributed by atoms with Crippen LogP contribution in [0.15, 0.2) is 32.3 Å². The van der Waals surface area contributed by atoms with Gasteiger partial charge in [0, 0.05) is 32.2 Å². The van der Waals surface area contributed by atoms with Crippen LogP contribution in [0.4, 0.5) is 0 Å². The summed E-state index contributed by atoms with van der Waals surface area (Å²) in [4.78, 5) is 27.1. The summed E-state index contributed by atoms with van der Waals surface area (Å²) in [5.74, 6) is 0.269. The SMILES string of the molecule is C[C@@H]1C[C@H](C)CN(S(=O)(=O)c2ccc3c(c2)oc(=O)n3CC(=O)N2CCC[C@H](C)C2)C1. The third-order valence-electron chi connectivity index (χ3n) is 6.42. The largest absolute Gasteiger partial charge is 0.420 e. The van der Waals surface area contributed by atoms with Gasteiger partial charge in [-0.3, -0.25) is 9.36 Å². The van der Waals surface area contributed by atoms with Crippen LogP contribution in [0.2, 0.25) is 0 Å². The summed E-state index contributed by atoms with van der Waals surface area (Å²) in [6.45, 7) is 8.48. The second-order valence-electron chi connectivity index (χ2n) is 9.44. The number of nitrogens with zero attached hydrogens (tertiary/aromatic N) is 3. The van der Waals surface area contributed by atoms with E-state index in [1.54, 1.807) is 11.0 Å². The Kier molecular flexibility index (Phi) is 6.00. The molecule has 0 unspecified atom stereocenters. The number of oxazole rings is 1. The van der Waals surface area contributed by atoms with Crippen LogP contribution in [0.1, 0.15) is 40.0 Å². The molecule has 8 nitrogen and oxygen atoms in total. The number of fused-ring (bicyclic) bond motifs is 1. The zero-order valence-electron chi connectivity index (χ0n) is 18.4. The first kappa shape index (κ1) is 22.1. The van der Waals surface area contributed by atoms with Gasteiger partial charge in [0.05, 0.1) is 10.4 Å². The normalized spacial score (nSPS) is 25.8. The van der Waals surface area contributed by atoms with Crippen molar-refractivity contribution in [3.8, 4) is 0 Å². The van der Waals surface area contributed by atoms with Crippen molar-refractivity contribution in [1.82, 2.24) is 13.8 Å². The highest BCUT2D eigenvalue weighted by Gasteiger charge is 2.32. The van der Waals surface area contributed by atoms with Crippen molar-refractivity contribution in [1.29, 1.82) is 0 Å². The number of rotatable bonds is 4. The molecule has 0 aliphatic carbocycles. The van der Waals surface area contributed by atoms with E-state index in [-0.39, 0.29) is 22.9 Å². The molecule has 0 spiro atoms. The van der Waals surface area contributed by atoms with Crippen molar-refractivity contribution in [2.24, 2.45) is 17.8 Å². The van der Waals surface area contributed by atoms with E-state index in [1.165, 1.54) is 21.0 Å². The first-order valence-electron chi connectivity index (χ1n) is 11.1. The topological polar surface area (TPSA) is 92.8 Å². The van der Waals surface area contributed by atoms with E-state index in [9.17, 15) is 18.0 Å². The van der Waals surface area contributed by atoms with Crippen LogP contribution < -0.4 is 5.76 Å². The molecule has 0 radical (unpaired) electrons. The van der Waals surface area contributed by atoms with Crippen molar-refractivity contribution in [2.45, 2.75) is 51.5 Å². The van der Waals surface area contributed by atoms with E-state index < -0.39 is 15.8 Å². The Bertz CT molecular complexity index is 1130. The van der Waals surface area contributed by atoms with Gasteiger partial charge in [0.2, 0.25) is 15.9 Å². The predicted octanol–water partition coefficient (Wildman–Crippen LogP) is 2.52. The van der Waals surface area contributed by atoms with Gasteiger partial charge in [-0.25, -0.2) is 13.2 Å². The summed E-state index contributed by atoms with van der Waals surface area (Å²) in [6.07, 6.45) is 3.07. The number of sulfonamides is 1. The lowest BCUT2D eigenvalue weighted by molar-refractivity contribution is -0.133. The molecule has 4 rings (SSSR count). The fourth-order valence-electron chi connectivity index (χ4n) is 4.96. The van der Waals surface area contributed by atoms with Crippen LogP contribution in [-0.2, 0) is 21.4 Å². The Morgan fingerprint density at radius 1 is 1.10 bits per heavy atom.